The lowest BCUT2D eigenvalue weighted by Gasteiger charge is -2.32. The number of aliphatic imine (C=N–C) groups is 1. The van der Waals surface area contributed by atoms with Crippen molar-refractivity contribution in [2.45, 2.75) is 18.2 Å². The summed E-state index contributed by atoms with van der Waals surface area (Å²) in [5, 5.41) is 3.31. The molecule has 0 aromatic heterocycles. The molecule has 1 unspecified atom stereocenters. The molecule has 1 fully saturated rings. The highest BCUT2D eigenvalue weighted by Crippen LogP contribution is 2.31. The zero-order chi connectivity index (χ0) is 21.6. The van der Waals surface area contributed by atoms with Crippen molar-refractivity contribution >= 4 is 51.7 Å². The smallest absolute Gasteiger partial charge is 0.238 e. The molecule has 3 aromatic rings. The van der Waals surface area contributed by atoms with Gasteiger partial charge in [0, 0.05) is 17.1 Å². The second-order valence-corrected chi connectivity index (χ2v) is 8.61. The second-order valence-electron chi connectivity index (χ2n) is 7.01. The number of nitrogens with zero attached hydrogens (tertiary/aromatic N) is 2. The predicted octanol–water partition coefficient (Wildman–Crippen LogP) is 5.50. The van der Waals surface area contributed by atoms with E-state index in [4.69, 9.17) is 11.6 Å². The number of halogens is 1. The van der Waals surface area contributed by atoms with Gasteiger partial charge in [0.25, 0.3) is 0 Å². The first-order chi connectivity index (χ1) is 15.1. The third-order valence-electron chi connectivity index (χ3n) is 4.69. The van der Waals surface area contributed by atoms with Crippen molar-refractivity contribution in [1.82, 2.24) is 4.90 Å². The standard InChI is InChI=1S/C24H20ClN3O2S/c25-18-10-7-13-20(14-18)26-23(30)21-15-22(29)28(16-17-8-3-1-4-9-17)24(31-21)27-19-11-5-2-6-12-19/h1-14,21H,15-16H2,(H,26,30). The topological polar surface area (TPSA) is 61.8 Å². The maximum atomic E-state index is 13.1. The van der Waals surface area contributed by atoms with Gasteiger partial charge in [0.05, 0.1) is 12.2 Å². The van der Waals surface area contributed by atoms with E-state index < -0.39 is 5.25 Å². The molecule has 1 aliphatic heterocycles. The zero-order valence-corrected chi connectivity index (χ0v) is 18.1. The minimum Gasteiger partial charge on any atom is -0.325 e. The van der Waals surface area contributed by atoms with E-state index in [-0.39, 0.29) is 18.2 Å². The van der Waals surface area contributed by atoms with Gasteiger partial charge in [-0.15, -0.1) is 0 Å². The van der Waals surface area contributed by atoms with E-state index in [0.717, 1.165) is 11.3 Å². The summed E-state index contributed by atoms with van der Waals surface area (Å²) in [6, 6.07) is 26.1. The average molecular weight is 450 g/mol. The molecule has 0 saturated carbocycles. The van der Waals surface area contributed by atoms with Crippen LogP contribution in [0.5, 0.6) is 0 Å². The summed E-state index contributed by atoms with van der Waals surface area (Å²) in [7, 11) is 0. The Morgan fingerprint density at radius 1 is 1.03 bits per heavy atom. The van der Waals surface area contributed by atoms with Crippen LogP contribution in [-0.4, -0.2) is 27.1 Å². The Morgan fingerprint density at radius 3 is 2.45 bits per heavy atom. The van der Waals surface area contributed by atoms with Crippen molar-refractivity contribution in [3.63, 3.8) is 0 Å². The highest BCUT2D eigenvalue weighted by molar-refractivity contribution is 8.15. The first kappa shape index (κ1) is 21.2. The molecule has 1 aliphatic rings. The number of amidine groups is 1. The van der Waals surface area contributed by atoms with Gasteiger partial charge < -0.3 is 5.32 Å². The number of amides is 2. The van der Waals surface area contributed by atoms with Gasteiger partial charge in [-0.25, -0.2) is 4.99 Å². The Balaban J connectivity index is 1.58. The van der Waals surface area contributed by atoms with E-state index >= 15 is 0 Å². The van der Waals surface area contributed by atoms with Gasteiger partial charge in [-0.05, 0) is 35.9 Å². The van der Waals surface area contributed by atoms with Crippen molar-refractivity contribution < 1.29 is 9.59 Å². The summed E-state index contributed by atoms with van der Waals surface area (Å²) < 4.78 is 0. The lowest BCUT2D eigenvalue weighted by atomic mass is 10.2. The second kappa shape index (κ2) is 9.81. The third-order valence-corrected chi connectivity index (χ3v) is 6.11. The number of anilines is 1. The average Bonchev–Trinajstić information content (AvgIpc) is 2.77. The third kappa shape index (κ3) is 5.54. The molecular weight excluding hydrogens is 430 g/mol. The highest BCUT2D eigenvalue weighted by atomic mass is 35.5. The molecule has 0 radical (unpaired) electrons. The molecule has 0 bridgehead atoms. The van der Waals surface area contributed by atoms with Gasteiger partial charge in [-0.1, -0.05) is 78.0 Å². The SMILES string of the molecule is O=C(Nc1cccc(Cl)c1)C1CC(=O)N(Cc2ccccc2)C(=Nc2ccccc2)S1. The van der Waals surface area contributed by atoms with Gasteiger partial charge in [0.15, 0.2) is 5.17 Å². The molecule has 5 nitrogen and oxygen atoms in total. The van der Waals surface area contributed by atoms with Crippen molar-refractivity contribution in [2.24, 2.45) is 4.99 Å². The normalized spacial score (nSPS) is 17.6. The first-order valence-electron chi connectivity index (χ1n) is 9.79. The number of rotatable bonds is 5. The van der Waals surface area contributed by atoms with Gasteiger partial charge in [0.2, 0.25) is 11.8 Å². The molecule has 7 heteroatoms. The number of hydrogen-bond donors (Lipinski definition) is 1. The van der Waals surface area contributed by atoms with Crippen LogP contribution in [-0.2, 0) is 16.1 Å². The van der Waals surface area contributed by atoms with Crippen LogP contribution in [0.2, 0.25) is 5.02 Å². The first-order valence-corrected chi connectivity index (χ1v) is 11.1. The predicted molar refractivity (Wildman–Crippen MR) is 127 cm³/mol. The van der Waals surface area contributed by atoms with Crippen molar-refractivity contribution in [3.8, 4) is 0 Å². The van der Waals surface area contributed by atoms with E-state index in [1.165, 1.54) is 11.8 Å². The van der Waals surface area contributed by atoms with Crippen LogP contribution in [0.25, 0.3) is 0 Å². The monoisotopic (exact) mass is 449 g/mol. The molecule has 1 N–H and O–H groups in total. The number of nitrogens with one attached hydrogen (secondary N) is 1. The van der Waals surface area contributed by atoms with Gasteiger partial charge >= 0.3 is 0 Å². The van der Waals surface area contributed by atoms with Crippen molar-refractivity contribution in [1.29, 1.82) is 0 Å². The number of carbonyl (C=O) groups excluding carboxylic acids is 2. The zero-order valence-electron chi connectivity index (χ0n) is 16.6. The summed E-state index contributed by atoms with van der Waals surface area (Å²) >= 11 is 7.31. The van der Waals surface area contributed by atoms with Gasteiger partial charge in [0.1, 0.15) is 5.25 Å². The maximum absolute atomic E-state index is 13.1. The van der Waals surface area contributed by atoms with Crippen LogP contribution in [0, 0.1) is 0 Å². The summed E-state index contributed by atoms with van der Waals surface area (Å²) in [6.45, 7) is 0.404. The van der Waals surface area contributed by atoms with Crippen LogP contribution < -0.4 is 5.32 Å². The van der Waals surface area contributed by atoms with Gasteiger partial charge in [-0.2, -0.15) is 0 Å². The number of benzene rings is 3. The fraction of sp³-hybridized carbons (Fsp3) is 0.125. The minimum atomic E-state index is -0.582. The molecule has 0 spiro atoms. The number of thioether (sulfide) groups is 1. The minimum absolute atomic E-state index is 0.0949. The van der Waals surface area contributed by atoms with E-state index in [9.17, 15) is 9.59 Å². The quantitative estimate of drug-likeness (QED) is 0.559. The molecule has 1 atom stereocenters. The number of carbonyl (C=O) groups is 2. The highest BCUT2D eigenvalue weighted by Gasteiger charge is 2.36. The van der Waals surface area contributed by atoms with E-state index in [1.54, 1.807) is 29.2 Å². The lowest BCUT2D eigenvalue weighted by molar-refractivity contribution is -0.129. The van der Waals surface area contributed by atoms with Crippen LogP contribution in [0.15, 0.2) is 89.9 Å². The molecular formula is C24H20ClN3O2S. The molecule has 2 amide bonds. The summed E-state index contributed by atoms with van der Waals surface area (Å²) in [5.74, 6) is -0.385. The summed E-state index contributed by atoms with van der Waals surface area (Å²) in [6.07, 6.45) is 0.0949. The Bertz CT molecular complexity index is 1110. The van der Waals surface area contributed by atoms with E-state index in [0.29, 0.717) is 22.4 Å². The van der Waals surface area contributed by atoms with E-state index in [1.807, 2.05) is 60.7 Å². The fourth-order valence-corrected chi connectivity index (χ4v) is 4.45. The largest absolute Gasteiger partial charge is 0.325 e. The molecule has 3 aromatic carbocycles. The summed E-state index contributed by atoms with van der Waals surface area (Å²) in [5.41, 5.74) is 2.32. The van der Waals surface area contributed by atoms with Crippen LogP contribution in [0.3, 0.4) is 0 Å². The van der Waals surface area contributed by atoms with Gasteiger partial charge in [-0.3, -0.25) is 14.5 Å². The maximum Gasteiger partial charge on any atom is 0.238 e. The molecule has 31 heavy (non-hydrogen) atoms. The van der Waals surface area contributed by atoms with Crippen molar-refractivity contribution in [3.05, 3.63) is 95.5 Å². The molecule has 1 saturated heterocycles. The molecule has 4 rings (SSSR count). The molecule has 0 aliphatic carbocycles. The lowest BCUT2D eigenvalue weighted by Crippen LogP contribution is -2.44. The molecule has 156 valence electrons. The van der Waals surface area contributed by atoms with Crippen molar-refractivity contribution in [2.75, 3.05) is 5.32 Å². The Labute approximate surface area is 190 Å². The van der Waals surface area contributed by atoms with E-state index in [2.05, 4.69) is 10.3 Å². The Kier molecular flexibility index (Phi) is 6.70. The van der Waals surface area contributed by atoms with Crippen LogP contribution >= 0.6 is 23.4 Å². The number of para-hydroxylation sites is 1. The Morgan fingerprint density at radius 2 is 1.74 bits per heavy atom. The molecule has 1 heterocycles. The van der Waals surface area contributed by atoms with Crippen LogP contribution in [0.4, 0.5) is 11.4 Å². The summed E-state index contributed by atoms with van der Waals surface area (Å²) in [4.78, 5) is 32.3. The Hall–Kier alpha value is -3.09. The van der Waals surface area contributed by atoms with Crippen LogP contribution in [0.1, 0.15) is 12.0 Å². The fourth-order valence-electron chi connectivity index (χ4n) is 3.16. The number of hydrogen-bond acceptors (Lipinski definition) is 4.